The van der Waals surface area contributed by atoms with Crippen LogP contribution < -0.4 is 0 Å². The lowest BCUT2D eigenvalue weighted by molar-refractivity contribution is -0.132. The second-order valence-electron chi connectivity index (χ2n) is 8.27. The Bertz CT molecular complexity index is 1010. The van der Waals surface area contributed by atoms with Gasteiger partial charge in [-0.15, -0.1) is 0 Å². The first-order valence-corrected chi connectivity index (χ1v) is 11.5. The van der Waals surface area contributed by atoms with Gasteiger partial charge in [0, 0.05) is 18.4 Å². The molecule has 1 atom stereocenters. The van der Waals surface area contributed by atoms with Gasteiger partial charge >= 0.3 is 0 Å². The van der Waals surface area contributed by atoms with E-state index in [-0.39, 0.29) is 11.8 Å². The SMILES string of the molecule is N#CC1=C2SCN(C3CCCCC3)CN2C(=O)CC1c1cccc2ccccc12. The molecule has 2 aromatic carbocycles. The molecule has 1 saturated heterocycles. The average molecular weight is 404 g/mol. The number of carbonyl (C=O) groups is 1. The number of fused-ring (bicyclic) bond motifs is 2. The molecule has 0 bridgehead atoms. The van der Waals surface area contributed by atoms with Crippen molar-refractivity contribution in [1.82, 2.24) is 9.80 Å². The van der Waals surface area contributed by atoms with Gasteiger partial charge in [-0.05, 0) is 29.2 Å². The predicted molar refractivity (Wildman–Crippen MR) is 117 cm³/mol. The lowest BCUT2D eigenvalue weighted by Gasteiger charge is -2.44. The smallest absolute Gasteiger partial charge is 0.229 e. The Morgan fingerprint density at radius 2 is 1.83 bits per heavy atom. The largest absolute Gasteiger partial charge is 0.292 e. The Hall–Kier alpha value is -2.29. The van der Waals surface area contributed by atoms with E-state index in [0.29, 0.717) is 19.1 Å². The highest BCUT2D eigenvalue weighted by atomic mass is 32.2. The number of amides is 1. The number of thioether (sulfide) groups is 1. The van der Waals surface area contributed by atoms with Crippen LogP contribution in [0.25, 0.3) is 10.8 Å². The van der Waals surface area contributed by atoms with E-state index >= 15 is 0 Å². The number of benzene rings is 2. The van der Waals surface area contributed by atoms with Crippen molar-refractivity contribution in [2.45, 2.75) is 50.5 Å². The monoisotopic (exact) mass is 403 g/mol. The molecular formula is C24H25N3OS. The summed E-state index contributed by atoms with van der Waals surface area (Å²) in [5, 5.41) is 13.2. The van der Waals surface area contributed by atoms with Gasteiger partial charge in [-0.25, -0.2) is 0 Å². The summed E-state index contributed by atoms with van der Waals surface area (Å²) in [6.45, 7) is 0.638. The first-order chi connectivity index (χ1) is 14.3. The average Bonchev–Trinajstić information content (AvgIpc) is 2.79. The molecule has 0 N–H and O–H groups in total. The predicted octanol–water partition coefficient (Wildman–Crippen LogP) is 5.19. The lowest BCUT2D eigenvalue weighted by atomic mass is 9.84. The molecule has 0 aromatic heterocycles. The maximum absolute atomic E-state index is 13.2. The molecule has 1 saturated carbocycles. The number of nitriles is 1. The summed E-state index contributed by atoms with van der Waals surface area (Å²) in [6.07, 6.45) is 6.73. The van der Waals surface area contributed by atoms with E-state index in [2.05, 4.69) is 35.2 Å². The summed E-state index contributed by atoms with van der Waals surface area (Å²) < 4.78 is 0. The summed E-state index contributed by atoms with van der Waals surface area (Å²) in [5.41, 5.74) is 1.85. The van der Waals surface area contributed by atoms with Crippen LogP contribution in [0.4, 0.5) is 0 Å². The molecule has 1 unspecified atom stereocenters. The summed E-state index contributed by atoms with van der Waals surface area (Å²) in [4.78, 5) is 17.5. The van der Waals surface area contributed by atoms with Crippen LogP contribution in [0.15, 0.2) is 53.1 Å². The number of allylic oxidation sites excluding steroid dienone is 1. The van der Waals surface area contributed by atoms with Gasteiger partial charge in [-0.1, -0.05) is 73.5 Å². The van der Waals surface area contributed by atoms with Crippen LogP contribution in [0.2, 0.25) is 0 Å². The van der Waals surface area contributed by atoms with Gasteiger partial charge in [0.1, 0.15) is 0 Å². The minimum Gasteiger partial charge on any atom is -0.292 e. The number of rotatable bonds is 2. The van der Waals surface area contributed by atoms with Crippen molar-refractivity contribution in [2.75, 3.05) is 12.5 Å². The molecule has 1 aliphatic carbocycles. The Morgan fingerprint density at radius 1 is 1.03 bits per heavy atom. The van der Waals surface area contributed by atoms with Gasteiger partial charge in [0.25, 0.3) is 0 Å². The zero-order chi connectivity index (χ0) is 19.8. The topological polar surface area (TPSA) is 47.3 Å². The molecule has 29 heavy (non-hydrogen) atoms. The molecule has 2 heterocycles. The van der Waals surface area contributed by atoms with Crippen LogP contribution in [0.3, 0.4) is 0 Å². The Labute approximate surface area is 176 Å². The van der Waals surface area contributed by atoms with Gasteiger partial charge in [-0.2, -0.15) is 5.26 Å². The van der Waals surface area contributed by atoms with Crippen molar-refractivity contribution >= 4 is 28.4 Å². The van der Waals surface area contributed by atoms with E-state index < -0.39 is 0 Å². The number of hydrogen-bond acceptors (Lipinski definition) is 4. The van der Waals surface area contributed by atoms with Crippen LogP contribution >= 0.6 is 11.8 Å². The second kappa shape index (κ2) is 7.85. The summed E-state index contributed by atoms with van der Waals surface area (Å²) in [7, 11) is 0. The highest BCUT2D eigenvalue weighted by Crippen LogP contribution is 2.44. The van der Waals surface area contributed by atoms with Crippen molar-refractivity contribution in [1.29, 1.82) is 5.26 Å². The van der Waals surface area contributed by atoms with Crippen molar-refractivity contribution in [3.63, 3.8) is 0 Å². The van der Waals surface area contributed by atoms with Crippen LogP contribution in [0.1, 0.15) is 50.0 Å². The molecule has 2 aromatic rings. The van der Waals surface area contributed by atoms with Crippen LogP contribution in [-0.4, -0.2) is 34.3 Å². The maximum atomic E-state index is 13.2. The Morgan fingerprint density at radius 3 is 2.66 bits per heavy atom. The third kappa shape index (κ3) is 3.35. The number of carbonyl (C=O) groups excluding carboxylic acids is 1. The Balaban J connectivity index is 1.50. The quantitative estimate of drug-likeness (QED) is 0.692. The first kappa shape index (κ1) is 18.7. The molecule has 4 nitrogen and oxygen atoms in total. The minimum atomic E-state index is -0.154. The molecule has 5 rings (SSSR count). The fourth-order valence-electron chi connectivity index (χ4n) is 5.07. The zero-order valence-corrected chi connectivity index (χ0v) is 17.3. The summed E-state index contributed by atoms with van der Waals surface area (Å²) in [5.74, 6) is 0.862. The van der Waals surface area contributed by atoms with Crippen molar-refractivity contribution in [3.05, 3.63) is 58.6 Å². The van der Waals surface area contributed by atoms with Gasteiger partial charge in [0.05, 0.1) is 29.2 Å². The highest BCUT2D eigenvalue weighted by molar-refractivity contribution is 8.03. The van der Waals surface area contributed by atoms with Gasteiger partial charge in [0.2, 0.25) is 5.91 Å². The molecule has 2 fully saturated rings. The van der Waals surface area contributed by atoms with E-state index in [1.54, 1.807) is 11.8 Å². The van der Waals surface area contributed by atoms with Crippen molar-refractivity contribution in [2.24, 2.45) is 0 Å². The Kier molecular flexibility index (Phi) is 5.07. The summed E-state index contributed by atoms with van der Waals surface area (Å²) in [6, 6.07) is 17.5. The van der Waals surface area contributed by atoms with Gasteiger partial charge < -0.3 is 0 Å². The zero-order valence-electron chi connectivity index (χ0n) is 16.5. The molecule has 5 heteroatoms. The third-order valence-electron chi connectivity index (χ3n) is 6.60. The standard InChI is InChI=1S/C24H25N3OS/c25-14-22-21(20-12-6-8-17-7-4-5-11-19(17)20)13-23(28)27-15-26(16-29-24(22)27)18-9-2-1-3-10-18/h4-8,11-12,18,21H,1-3,9-10,13,15-16H2. The highest BCUT2D eigenvalue weighted by Gasteiger charge is 2.40. The van der Waals surface area contributed by atoms with Crippen LogP contribution in [-0.2, 0) is 4.79 Å². The molecule has 0 spiro atoms. The van der Waals surface area contributed by atoms with Crippen molar-refractivity contribution < 1.29 is 4.79 Å². The molecule has 0 radical (unpaired) electrons. The maximum Gasteiger partial charge on any atom is 0.229 e. The first-order valence-electron chi connectivity index (χ1n) is 10.6. The molecule has 1 amide bonds. The fraction of sp³-hybridized carbons (Fsp3) is 0.417. The number of hydrogen-bond donors (Lipinski definition) is 0. The lowest BCUT2D eigenvalue weighted by Crippen LogP contribution is -2.51. The minimum absolute atomic E-state index is 0.143. The summed E-state index contributed by atoms with van der Waals surface area (Å²) >= 11 is 1.68. The fourth-order valence-corrected chi connectivity index (χ4v) is 6.31. The molecule has 3 aliphatic rings. The van der Waals surface area contributed by atoms with Crippen molar-refractivity contribution in [3.8, 4) is 6.07 Å². The molecule has 2 aliphatic heterocycles. The third-order valence-corrected chi connectivity index (χ3v) is 7.78. The normalized spacial score (nSPS) is 23.9. The van der Waals surface area contributed by atoms with Gasteiger partial charge in [0.15, 0.2) is 0 Å². The molecular weight excluding hydrogens is 378 g/mol. The second-order valence-corrected chi connectivity index (χ2v) is 9.21. The molecule has 148 valence electrons. The van der Waals surface area contributed by atoms with Crippen LogP contribution in [0, 0.1) is 11.3 Å². The van der Waals surface area contributed by atoms with E-state index in [0.717, 1.165) is 32.8 Å². The van der Waals surface area contributed by atoms with E-state index in [1.165, 1.54) is 32.1 Å². The van der Waals surface area contributed by atoms with E-state index in [1.807, 2.05) is 23.1 Å². The van der Waals surface area contributed by atoms with E-state index in [9.17, 15) is 10.1 Å². The van der Waals surface area contributed by atoms with Crippen LogP contribution in [0.5, 0.6) is 0 Å². The number of nitrogens with zero attached hydrogens (tertiary/aromatic N) is 3. The van der Waals surface area contributed by atoms with E-state index in [4.69, 9.17) is 0 Å². The van der Waals surface area contributed by atoms with Gasteiger partial charge in [-0.3, -0.25) is 14.6 Å².